The molecule has 0 saturated carbocycles. The SMILES string of the molecule is CC(C)N(C(C)C)P(N)(=O)N(Cl)Cl. The summed E-state index contributed by atoms with van der Waals surface area (Å²) in [6.45, 7) is 7.54. The summed E-state index contributed by atoms with van der Waals surface area (Å²) in [6.07, 6.45) is 0. The molecule has 0 spiro atoms. The molecular weight excluding hydrogens is 232 g/mol. The molecular formula is C6H16Cl2N3OP. The summed E-state index contributed by atoms with van der Waals surface area (Å²) in [6, 6.07) is 0.0478. The van der Waals surface area contributed by atoms with Crippen molar-refractivity contribution in [3.63, 3.8) is 0 Å². The summed E-state index contributed by atoms with van der Waals surface area (Å²) in [5.74, 6) is 0. The van der Waals surface area contributed by atoms with Crippen LogP contribution in [-0.2, 0) is 4.57 Å². The van der Waals surface area contributed by atoms with E-state index in [4.69, 9.17) is 29.1 Å². The van der Waals surface area contributed by atoms with Crippen LogP contribution in [0.4, 0.5) is 0 Å². The molecule has 0 aliphatic carbocycles. The van der Waals surface area contributed by atoms with Gasteiger partial charge in [-0.1, -0.05) is 0 Å². The molecule has 0 bridgehead atoms. The van der Waals surface area contributed by atoms with Crippen molar-refractivity contribution in [1.82, 2.24) is 8.38 Å². The molecule has 4 nitrogen and oxygen atoms in total. The third kappa shape index (κ3) is 3.39. The molecule has 2 N–H and O–H groups in total. The highest BCUT2D eigenvalue weighted by molar-refractivity contribution is 7.59. The number of hydrogen-bond acceptors (Lipinski definition) is 1. The molecule has 0 aromatic heterocycles. The molecule has 0 aliphatic heterocycles. The highest BCUT2D eigenvalue weighted by Crippen LogP contribution is 2.50. The van der Waals surface area contributed by atoms with E-state index in [0.717, 1.165) is 0 Å². The van der Waals surface area contributed by atoms with Gasteiger partial charge in [-0.2, -0.15) is 0 Å². The fraction of sp³-hybridized carbons (Fsp3) is 1.00. The van der Waals surface area contributed by atoms with Crippen LogP contribution < -0.4 is 5.50 Å². The molecule has 0 rings (SSSR count). The molecule has 80 valence electrons. The fourth-order valence-electron chi connectivity index (χ4n) is 1.34. The Labute approximate surface area is 89.7 Å². The topological polar surface area (TPSA) is 49.6 Å². The Hall–Kier alpha value is 0.690. The zero-order chi connectivity index (χ0) is 10.8. The van der Waals surface area contributed by atoms with Crippen LogP contribution in [0.25, 0.3) is 0 Å². The first-order valence-corrected chi connectivity index (χ1v) is 6.36. The third-order valence-electron chi connectivity index (χ3n) is 1.61. The van der Waals surface area contributed by atoms with E-state index >= 15 is 0 Å². The molecule has 0 radical (unpaired) electrons. The van der Waals surface area contributed by atoms with E-state index < -0.39 is 7.59 Å². The first-order chi connectivity index (χ1) is 5.71. The highest BCUT2D eigenvalue weighted by atomic mass is 35.5. The number of rotatable bonds is 4. The van der Waals surface area contributed by atoms with Gasteiger partial charge >= 0.3 is 7.59 Å². The summed E-state index contributed by atoms with van der Waals surface area (Å²) >= 11 is 10.8. The van der Waals surface area contributed by atoms with Crippen molar-refractivity contribution >= 4 is 31.1 Å². The quantitative estimate of drug-likeness (QED) is 0.613. The van der Waals surface area contributed by atoms with Gasteiger partial charge in [-0.15, -0.1) is 0 Å². The maximum Gasteiger partial charge on any atom is 0.310 e. The molecule has 0 aromatic rings. The number of nitrogens with two attached hydrogens (primary N) is 1. The molecule has 13 heavy (non-hydrogen) atoms. The minimum Gasteiger partial charge on any atom is -0.268 e. The van der Waals surface area contributed by atoms with Gasteiger partial charge in [0, 0.05) is 35.6 Å². The zero-order valence-electron chi connectivity index (χ0n) is 8.24. The number of halogens is 2. The van der Waals surface area contributed by atoms with Crippen LogP contribution in [0.2, 0.25) is 0 Å². The van der Waals surface area contributed by atoms with Gasteiger partial charge in [0.1, 0.15) is 0 Å². The Balaban J connectivity index is 4.85. The molecule has 0 amide bonds. The lowest BCUT2D eigenvalue weighted by Gasteiger charge is -2.35. The van der Waals surface area contributed by atoms with E-state index in [1.807, 2.05) is 27.7 Å². The second kappa shape index (κ2) is 4.96. The van der Waals surface area contributed by atoms with E-state index in [9.17, 15) is 4.57 Å². The predicted molar refractivity (Wildman–Crippen MR) is 57.4 cm³/mol. The van der Waals surface area contributed by atoms with Gasteiger partial charge in [0.25, 0.3) is 0 Å². The molecule has 0 fully saturated rings. The highest BCUT2D eigenvalue weighted by Gasteiger charge is 2.35. The van der Waals surface area contributed by atoms with Crippen LogP contribution in [0.1, 0.15) is 27.7 Å². The lowest BCUT2D eigenvalue weighted by atomic mass is 10.3. The lowest BCUT2D eigenvalue weighted by molar-refractivity contribution is 0.291. The van der Waals surface area contributed by atoms with E-state index in [0.29, 0.717) is 3.71 Å². The van der Waals surface area contributed by atoms with Crippen LogP contribution in [0.3, 0.4) is 0 Å². The second-order valence-electron chi connectivity index (χ2n) is 3.37. The van der Waals surface area contributed by atoms with Crippen molar-refractivity contribution < 1.29 is 4.57 Å². The van der Waals surface area contributed by atoms with E-state index in [1.54, 1.807) is 4.67 Å². The minimum atomic E-state index is -3.29. The van der Waals surface area contributed by atoms with Crippen molar-refractivity contribution in [3.8, 4) is 0 Å². The van der Waals surface area contributed by atoms with Gasteiger partial charge < -0.3 is 0 Å². The van der Waals surface area contributed by atoms with E-state index in [1.165, 1.54) is 0 Å². The zero-order valence-corrected chi connectivity index (χ0v) is 10.6. The summed E-state index contributed by atoms with van der Waals surface area (Å²) in [7, 11) is -3.29. The molecule has 0 aliphatic rings. The van der Waals surface area contributed by atoms with E-state index in [2.05, 4.69) is 0 Å². The van der Waals surface area contributed by atoms with Crippen molar-refractivity contribution in [2.75, 3.05) is 0 Å². The first-order valence-electron chi connectivity index (χ1n) is 4.00. The summed E-state index contributed by atoms with van der Waals surface area (Å²) in [4.78, 5) is 0. The van der Waals surface area contributed by atoms with E-state index in [-0.39, 0.29) is 12.1 Å². The molecule has 1 unspecified atom stereocenters. The van der Waals surface area contributed by atoms with Crippen molar-refractivity contribution in [3.05, 3.63) is 0 Å². The van der Waals surface area contributed by atoms with Gasteiger partial charge in [0.05, 0.1) is 0 Å². The monoisotopic (exact) mass is 247 g/mol. The summed E-state index contributed by atoms with van der Waals surface area (Å²) < 4.78 is 14.0. The Morgan fingerprint density at radius 1 is 1.15 bits per heavy atom. The Morgan fingerprint density at radius 2 is 1.46 bits per heavy atom. The molecule has 0 saturated heterocycles. The standard InChI is InChI=1S/C6H16Cl2N3OP/c1-5(2)10(6(3)4)13(9,12)11(7)8/h5-6H,1-4H3,(H2,9,12). The largest absolute Gasteiger partial charge is 0.310 e. The average molecular weight is 248 g/mol. The summed E-state index contributed by atoms with van der Waals surface area (Å²) in [5.41, 5.74) is 5.55. The second-order valence-corrected chi connectivity index (χ2v) is 6.73. The van der Waals surface area contributed by atoms with Gasteiger partial charge in [-0.3, -0.25) is 10.1 Å². The maximum absolute atomic E-state index is 11.9. The number of hydrogen-bond donors (Lipinski definition) is 1. The lowest BCUT2D eigenvalue weighted by Crippen LogP contribution is -2.38. The fourth-order valence-corrected chi connectivity index (χ4v) is 3.28. The van der Waals surface area contributed by atoms with Crippen LogP contribution in [0, 0.1) is 0 Å². The number of nitrogens with zero attached hydrogens (tertiary/aromatic N) is 2. The van der Waals surface area contributed by atoms with Crippen LogP contribution in [0.15, 0.2) is 0 Å². The van der Waals surface area contributed by atoms with Crippen LogP contribution in [0.5, 0.6) is 0 Å². The average Bonchev–Trinajstić information content (AvgIpc) is 1.82. The smallest absolute Gasteiger partial charge is 0.268 e. The summed E-state index contributed by atoms with van der Waals surface area (Å²) in [5, 5.41) is 0. The molecule has 1 atom stereocenters. The van der Waals surface area contributed by atoms with Crippen LogP contribution in [-0.4, -0.2) is 20.5 Å². The first kappa shape index (κ1) is 13.7. The van der Waals surface area contributed by atoms with Gasteiger partial charge in [0.15, 0.2) is 0 Å². The Bertz CT molecular complexity index is 202. The van der Waals surface area contributed by atoms with Gasteiger partial charge in [0.2, 0.25) is 0 Å². The third-order valence-corrected chi connectivity index (χ3v) is 4.92. The molecule has 0 aromatic carbocycles. The predicted octanol–water partition coefficient (Wildman–Crippen LogP) is 2.78. The normalized spacial score (nSPS) is 17.5. The van der Waals surface area contributed by atoms with Crippen LogP contribution >= 0.6 is 31.1 Å². The van der Waals surface area contributed by atoms with Crippen molar-refractivity contribution in [2.24, 2.45) is 5.50 Å². The minimum absolute atomic E-state index is 0.0239. The Morgan fingerprint density at radius 3 is 1.54 bits per heavy atom. The molecule has 7 heteroatoms. The Kier molecular flexibility index (Phi) is 5.23. The maximum atomic E-state index is 11.9. The van der Waals surface area contributed by atoms with Crippen molar-refractivity contribution in [2.45, 2.75) is 39.8 Å². The molecule has 0 heterocycles. The van der Waals surface area contributed by atoms with Crippen molar-refractivity contribution in [1.29, 1.82) is 0 Å². The van der Waals surface area contributed by atoms with Gasteiger partial charge in [-0.25, -0.2) is 4.67 Å². The van der Waals surface area contributed by atoms with Gasteiger partial charge in [-0.05, 0) is 31.4 Å².